The van der Waals surface area contributed by atoms with Crippen molar-refractivity contribution in [2.75, 3.05) is 0 Å². The van der Waals surface area contributed by atoms with Gasteiger partial charge in [0.15, 0.2) is 0 Å². The van der Waals surface area contributed by atoms with Crippen molar-refractivity contribution in [3.63, 3.8) is 0 Å². The van der Waals surface area contributed by atoms with Crippen molar-refractivity contribution in [1.82, 2.24) is 4.57 Å². The zero-order chi connectivity index (χ0) is 49.1. The Labute approximate surface area is 441 Å². The second-order valence-corrected chi connectivity index (χ2v) is 22.1. The molecule has 348 valence electrons. The third-order valence-electron chi connectivity index (χ3n) is 15.8. The van der Waals surface area contributed by atoms with E-state index in [0.717, 1.165) is 5.69 Å². The smallest absolute Gasteiger partial charge is 0.0541 e. The van der Waals surface area contributed by atoms with Crippen LogP contribution in [-0.4, -0.2) is 4.57 Å². The normalized spacial score (nSPS) is 12.0. The summed E-state index contributed by atoms with van der Waals surface area (Å²) in [6.07, 6.45) is 0. The number of nitrogens with zero attached hydrogens (tertiary/aromatic N) is 1. The fourth-order valence-corrected chi connectivity index (χ4v) is 14.5. The van der Waals surface area contributed by atoms with Gasteiger partial charge in [0.2, 0.25) is 0 Å². The highest BCUT2D eigenvalue weighted by atomic mass is 32.1. The van der Waals surface area contributed by atoms with Crippen molar-refractivity contribution >= 4 is 117 Å². The number of rotatable bonds is 6. The average Bonchev–Trinajstić information content (AvgIpc) is 4.15. The fourth-order valence-electron chi connectivity index (χ4n) is 12.3. The molecule has 0 spiro atoms. The quantitative estimate of drug-likeness (QED) is 0.146. The molecule has 3 heteroatoms. The van der Waals surface area contributed by atoms with Gasteiger partial charge < -0.3 is 4.57 Å². The van der Waals surface area contributed by atoms with Crippen LogP contribution in [0.4, 0.5) is 0 Å². The van der Waals surface area contributed by atoms with Crippen molar-refractivity contribution in [1.29, 1.82) is 0 Å². The minimum Gasteiger partial charge on any atom is -0.309 e. The van der Waals surface area contributed by atoms with Crippen LogP contribution in [0, 0.1) is 0 Å². The minimum atomic E-state index is 1.13. The molecule has 0 radical (unpaired) electrons. The van der Waals surface area contributed by atoms with Crippen LogP contribution >= 0.6 is 22.7 Å². The molecule has 0 aliphatic rings. The first-order valence-electron chi connectivity index (χ1n) is 25.7. The Hall–Kier alpha value is -9.12. The van der Waals surface area contributed by atoms with Gasteiger partial charge in [-0.1, -0.05) is 182 Å². The fraction of sp³-hybridized carbons (Fsp3) is 0. The molecule has 1 nitrogen and oxygen atoms in total. The third kappa shape index (κ3) is 6.69. The lowest BCUT2D eigenvalue weighted by Gasteiger charge is -2.18. The Morgan fingerprint density at radius 1 is 0.227 bits per heavy atom. The van der Waals surface area contributed by atoms with Crippen LogP contribution in [0.15, 0.2) is 261 Å². The van der Waals surface area contributed by atoms with Crippen molar-refractivity contribution in [2.45, 2.75) is 0 Å². The van der Waals surface area contributed by atoms with Gasteiger partial charge in [0.1, 0.15) is 0 Å². The molecule has 0 fully saturated rings. The van der Waals surface area contributed by atoms with Crippen LogP contribution in [0.3, 0.4) is 0 Å². The molecule has 0 saturated carbocycles. The van der Waals surface area contributed by atoms with Crippen molar-refractivity contribution in [3.05, 3.63) is 261 Å². The molecule has 3 aromatic heterocycles. The molecule has 16 rings (SSSR count). The summed E-state index contributed by atoms with van der Waals surface area (Å²) in [5, 5.41) is 15.2. The van der Waals surface area contributed by atoms with E-state index in [2.05, 4.69) is 265 Å². The summed E-state index contributed by atoms with van der Waals surface area (Å²) < 4.78 is 7.74. The van der Waals surface area contributed by atoms with E-state index in [9.17, 15) is 0 Å². The summed E-state index contributed by atoms with van der Waals surface area (Å²) in [6.45, 7) is 0. The van der Waals surface area contributed by atoms with Crippen LogP contribution in [0.25, 0.3) is 156 Å². The Morgan fingerprint density at radius 3 is 1.25 bits per heavy atom. The number of thiophene rings is 2. The molecule has 0 aliphatic heterocycles. The molecule has 3 heterocycles. The molecule has 0 N–H and O–H groups in total. The van der Waals surface area contributed by atoms with Crippen LogP contribution in [-0.2, 0) is 0 Å². The van der Waals surface area contributed by atoms with E-state index < -0.39 is 0 Å². The number of hydrogen-bond donors (Lipinski definition) is 0. The Balaban J connectivity index is 0.891. The lowest BCUT2D eigenvalue weighted by molar-refractivity contribution is 1.18. The molecule has 0 unspecified atom stereocenters. The first-order valence-corrected chi connectivity index (χ1v) is 27.3. The van der Waals surface area contributed by atoms with Crippen molar-refractivity contribution < 1.29 is 0 Å². The second kappa shape index (κ2) is 16.7. The van der Waals surface area contributed by atoms with Gasteiger partial charge in [0.05, 0.1) is 11.0 Å². The van der Waals surface area contributed by atoms with Gasteiger partial charge in [0.25, 0.3) is 0 Å². The van der Waals surface area contributed by atoms with E-state index >= 15 is 0 Å². The molecule has 0 aliphatic carbocycles. The SMILES string of the molecule is c1ccc(-c2c3ccccc3c(-c3cccc(-n4c5ccc(-c6ccc7sc8ccccc8c7c6)cc5c5cc(-c6ccc7sc8ccc(-c9cccc%10ccccc9%10)cc8c7c6)ccc54)c3)c3ccccc23)cc1. The van der Waals surface area contributed by atoms with E-state index in [4.69, 9.17) is 0 Å². The van der Waals surface area contributed by atoms with Gasteiger partial charge in [-0.25, -0.2) is 0 Å². The number of fused-ring (bicyclic) bond motifs is 12. The number of benzene rings is 13. The lowest BCUT2D eigenvalue weighted by atomic mass is 9.86. The first kappa shape index (κ1) is 42.4. The maximum Gasteiger partial charge on any atom is 0.0541 e. The van der Waals surface area contributed by atoms with Gasteiger partial charge in [-0.15, -0.1) is 22.7 Å². The number of hydrogen-bond acceptors (Lipinski definition) is 2. The second-order valence-electron chi connectivity index (χ2n) is 19.9. The van der Waals surface area contributed by atoms with E-state index in [0.29, 0.717) is 0 Å². The molecule has 0 amide bonds. The Kier molecular flexibility index (Phi) is 9.44. The maximum absolute atomic E-state index is 2.49. The van der Waals surface area contributed by atoms with E-state index in [1.165, 1.54) is 150 Å². The molecular formula is C72H43NS2. The third-order valence-corrected chi connectivity index (χ3v) is 18.1. The van der Waals surface area contributed by atoms with E-state index in [-0.39, 0.29) is 0 Å². The highest BCUT2D eigenvalue weighted by Crippen LogP contribution is 2.46. The summed E-state index contributed by atoms with van der Waals surface area (Å²) >= 11 is 3.75. The Morgan fingerprint density at radius 2 is 0.640 bits per heavy atom. The molecule has 75 heavy (non-hydrogen) atoms. The molecular weight excluding hydrogens is 943 g/mol. The van der Waals surface area contributed by atoms with Gasteiger partial charge in [-0.3, -0.25) is 0 Å². The zero-order valence-electron chi connectivity index (χ0n) is 40.6. The molecule has 0 saturated heterocycles. The summed E-state index contributed by atoms with van der Waals surface area (Å²) in [7, 11) is 0. The van der Waals surface area contributed by atoms with E-state index in [1.54, 1.807) is 0 Å². The Bertz CT molecular complexity index is 4950. The molecule has 0 bridgehead atoms. The minimum absolute atomic E-state index is 1.13. The molecule has 13 aromatic carbocycles. The standard InChI is InChI=1S/C72H43NS2/c1-2-15-45(16-3-1)71-56-22-6-8-24-58(56)72(59-25-9-7-23-57(59)71)51-18-12-19-52(38-51)73-65-33-28-46(48-30-35-68-62(41-48)55-21-10-11-27-67(55)74-68)39-60(65)61-40-47(29-34-66(61)73)49-31-36-69-63(42-49)64-43-50(32-37-70(64)75-69)54-26-13-17-44-14-4-5-20-53(44)54/h1-43H. The average molecular weight is 986 g/mol. The van der Waals surface area contributed by atoms with E-state index in [1.807, 2.05) is 22.7 Å². The summed E-state index contributed by atoms with van der Waals surface area (Å²) in [4.78, 5) is 0. The molecule has 16 aromatic rings. The maximum atomic E-state index is 2.49. The number of aromatic nitrogens is 1. The topological polar surface area (TPSA) is 4.93 Å². The van der Waals surface area contributed by atoms with Crippen molar-refractivity contribution in [2.24, 2.45) is 0 Å². The summed E-state index contributed by atoms with van der Waals surface area (Å²) in [6, 6.07) is 97.5. The van der Waals surface area contributed by atoms with Crippen LogP contribution < -0.4 is 0 Å². The van der Waals surface area contributed by atoms with Gasteiger partial charge >= 0.3 is 0 Å². The monoisotopic (exact) mass is 985 g/mol. The molecule has 0 atom stereocenters. The largest absolute Gasteiger partial charge is 0.309 e. The van der Waals surface area contributed by atoms with Gasteiger partial charge in [-0.2, -0.15) is 0 Å². The zero-order valence-corrected chi connectivity index (χ0v) is 42.2. The van der Waals surface area contributed by atoms with Gasteiger partial charge in [-0.05, 0) is 167 Å². The predicted molar refractivity (Wildman–Crippen MR) is 326 cm³/mol. The summed E-state index contributed by atoms with van der Waals surface area (Å²) in [5.74, 6) is 0. The summed E-state index contributed by atoms with van der Waals surface area (Å²) in [5.41, 5.74) is 15.8. The highest BCUT2D eigenvalue weighted by molar-refractivity contribution is 7.26. The first-order chi connectivity index (χ1) is 37.2. The van der Waals surface area contributed by atoms with Crippen LogP contribution in [0.5, 0.6) is 0 Å². The van der Waals surface area contributed by atoms with Crippen molar-refractivity contribution in [3.8, 4) is 61.3 Å². The van der Waals surface area contributed by atoms with Crippen LogP contribution in [0.1, 0.15) is 0 Å². The van der Waals surface area contributed by atoms with Gasteiger partial charge in [0, 0.05) is 56.8 Å². The predicted octanol–water partition coefficient (Wildman–Crippen LogP) is 21.3. The highest BCUT2D eigenvalue weighted by Gasteiger charge is 2.20. The lowest BCUT2D eigenvalue weighted by Crippen LogP contribution is -1.95. The van der Waals surface area contributed by atoms with Crippen LogP contribution in [0.2, 0.25) is 0 Å².